The molecular formula is C17H29NO5. The van der Waals surface area contributed by atoms with Gasteiger partial charge in [0.2, 0.25) is 0 Å². The maximum atomic E-state index is 11.5. The number of carbonyl (C=O) groups excluding carboxylic acids is 2. The molecular weight excluding hydrogens is 298 g/mol. The van der Waals surface area contributed by atoms with Crippen LogP contribution in [-0.4, -0.2) is 55.4 Å². The molecule has 0 fully saturated rings. The number of hydrogen-bond acceptors (Lipinski definition) is 6. The molecule has 0 saturated heterocycles. The number of aliphatic hydroxyl groups is 1. The van der Waals surface area contributed by atoms with Crippen LogP contribution in [0.5, 0.6) is 0 Å². The fourth-order valence-corrected chi connectivity index (χ4v) is 1.69. The standard InChI is InChI=1S/C17H29NO5/c1-3-9-16(20)22-14-7-8-15-23-17(21)10-12-18(2)11-5-4-6-13-19/h3,9-10,12,19H,4-8,11,13-15H2,1-2H3/b9-3+,12-10+. The van der Waals surface area contributed by atoms with Gasteiger partial charge in [0.1, 0.15) is 0 Å². The summed E-state index contributed by atoms with van der Waals surface area (Å²) in [5.74, 6) is -0.729. The van der Waals surface area contributed by atoms with Gasteiger partial charge in [-0.2, -0.15) is 0 Å². The van der Waals surface area contributed by atoms with Crippen LogP contribution in [0.1, 0.15) is 39.0 Å². The van der Waals surface area contributed by atoms with Crippen LogP contribution in [0, 0.1) is 0 Å². The van der Waals surface area contributed by atoms with E-state index in [0.29, 0.717) is 26.1 Å². The predicted molar refractivity (Wildman–Crippen MR) is 88.7 cm³/mol. The molecule has 23 heavy (non-hydrogen) atoms. The molecule has 0 aromatic heterocycles. The molecule has 0 radical (unpaired) electrons. The summed E-state index contributed by atoms with van der Waals surface area (Å²) in [5, 5.41) is 8.68. The Morgan fingerprint density at radius 3 is 2.13 bits per heavy atom. The van der Waals surface area contributed by atoms with Crippen LogP contribution in [0.4, 0.5) is 0 Å². The zero-order valence-corrected chi connectivity index (χ0v) is 14.2. The lowest BCUT2D eigenvalue weighted by Gasteiger charge is -2.13. The third-order valence-corrected chi connectivity index (χ3v) is 2.96. The summed E-state index contributed by atoms with van der Waals surface area (Å²) < 4.78 is 9.97. The Hall–Kier alpha value is -1.82. The van der Waals surface area contributed by atoms with Crippen LogP contribution in [-0.2, 0) is 19.1 Å². The molecule has 132 valence electrons. The van der Waals surface area contributed by atoms with E-state index in [9.17, 15) is 9.59 Å². The molecule has 6 nitrogen and oxygen atoms in total. The molecule has 1 N–H and O–H groups in total. The quantitative estimate of drug-likeness (QED) is 0.317. The van der Waals surface area contributed by atoms with E-state index in [-0.39, 0.29) is 18.5 Å². The van der Waals surface area contributed by atoms with Gasteiger partial charge in [0, 0.05) is 38.6 Å². The van der Waals surface area contributed by atoms with Crippen molar-refractivity contribution in [3.8, 4) is 0 Å². The maximum Gasteiger partial charge on any atom is 0.332 e. The van der Waals surface area contributed by atoms with Crippen molar-refractivity contribution in [3.63, 3.8) is 0 Å². The fraction of sp³-hybridized carbons (Fsp3) is 0.647. The van der Waals surface area contributed by atoms with Crippen molar-refractivity contribution in [2.45, 2.75) is 39.0 Å². The van der Waals surface area contributed by atoms with Crippen molar-refractivity contribution in [1.29, 1.82) is 0 Å². The lowest BCUT2D eigenvalue weighted by molar-refractivity contribution is -0.140. The minimum Gasteiger partial charge on any atom is -0.463 e. The molecule has 0 spiro atoms. The second-order valence-electron chi connectivity index (χ2n) is 5.12. The Bertz CT molecular complexity index is 379. The molecule has 0 unspecified atom stereocenters. The summed E-state index contributed by atoms with van der Waals surface area (Å²) in [6.45, 7) is 3.44. The van der Waals surface area contributed by atoms with E-state index in [4.69, 9.17) is 14.6 Å². The minimum atomic E-state index is -0.377. The van der Waals surface area contributed by atoms with Crippen LogP contribution >= 0.6 is 0 Å². The first-order valence-corrected chi connectivity index (χ1v) is 8.05. The monoisotopic (exact) mass is 327 g/mol. The number of hydrogen-bond donors (Lipinski definition) is 1. The maximum absolute atomic E-state index is 11.5. The van der Waals surface area contributed by atoms with Crippen LogP contribution in [0.2, 0.25) is 0 Å². The largest absolute Gasteiger partial charge is 0.463 e. The van der Waals surface area contributed by atoms with E-state index in [0.717, 1.165) is 25.8 Å². The van der Waals surface area contributed by atoms with Gasteiger partial charge in [-0.3, -0.25) is 0 Å². The summed E-state index contributed by atoms with van der Waals surface area (Å²) in [7, 11) is 1.89. The number of allylic oxidation sites excluding steroid dienone is 1. The number of nitrogens with zero attached hydrogens (tertiary/aromatic N) is 1. The number of esters is 2. The Labute approximate surface area is 138 Å². The van der Waals surface area contributed by atoms with Crippen LogP contribution in [0.3, 0.4) is 0 Å². The average Bonchev–Trinajstić information content (AvgIpc) is 2.53. The first kappa shape index (κ1) is 21.2. The first-order chi connectivity index (χ1) is 11.1. The van der Waals surface area contributed by atoms with E-state index < -0.39 is 0 Å². The molecule has 0 atom stereocenters. The summed E-state index contributed by atoms with van der Waals surface area (Å²) in [6, 6.07) is 0. The van der Waals surface area contributed by atoms with E-state index >= 15 is 0 Å². The molecule has 0 aliphatic carbocycles. The van der Waals surface area contributed by atoms with E-state index in [2.05, 4.69) is 0 Å². The minimum absolute atomic E-state index is 0.223. The van der Waals surface area contributed by atoms with Gasteiger partial charge in [-0.25, -0.2) is 9.59 Å². The average molecular weight is 327 g/mol. The molecule has 0 aliphatic heterocycles. The van der Waals surface area contributed by atoms with Gasteiger partial charge in [-0.15, -0.1) is 0 Å². The smallest absolute Gasteiger partial charge is 0.332 e. The van der Waals surface area contributed by atoms with Crippen molar-refractivity contribution in [1.82, 2.24) is 4.90 Å². The van der Waals surface area contributed by atoms with Crippen molar-refractivity contribution in [3.05, 3.63) is 24.4 Å². The van der Waals surface area contributed by atoms with Gasteiger partial charge in [0.25, 0.3) is 0 Å². The second kappa shape index (κ2) is 15.1. The molecule has 0 rings (SSSR count). The highest BCUT2D eigenvalue weighted by Gasteiger charge is 2.00. The van der Waals surface area contributed by atoms with Gasteiger partial charge in [0.15, 0.2) is 0 Å². The van der Waals surface area contributed by atoms with Gasteiger partial charge in [-0.1, -0.05) is 6.08 Å². The van der Waals surface area contributed by atoms with E-state index in [1.807, 2.05) is 11.9 Å². The summed E-state index contributed by atoms with van der Waals surface area (Å²) in [6.07, 6.45) is 10.2. The Morgan fingerprint density at radius 1 is 0.957 bits per heavy atom. The van der Waals surface area contributed by atoms with Crippen LogP contribution < -0.4 is 0 Å². The SMILES string of the molecule is C/C=C/C(=O)OCCCCOC(=O)/C=C/N(C)CCCCCO. The normalized spacial score (nSPS) is 11.1. The number of carbonyl (C=O) groups is 2. The van der Waals surface area contributed by atoms with E-state index in [1.54, 1.807) is 19.2 Å². The van der Waals surface area contributed by atoms with Gasteiger partial charge in [-0.05, 0) is 39.0 Å². The highest BCUT2D eigenvalue weighted by molar-refractivity contribution is 5.82. The zero-order valence-electron chi connectivity index (χ0n) is 14.2. The number of ether oxygens (including phenoxy) is 2. The van der Waals surface area contributed by atoms with Gasteiger partial charge < -0.3 is 19.5 Å². The van der Waals surface area contributed by atoms with E-state index in [1.165, 1.54) is 12.2 Å². The number of rotatable bonds is 13. The lowest BCUT2D eigenvalue weighted by Crippen LogP contribution is -2.13. The molecule has 6 heteroatoms. The molecule has 0 bridgehead atoms. The molecule has 0 amide bonds. The summed E-state index contributed by atoms with van der Waals surface area (Å²) in [4.78, 5) is 24.4. The van der Waals surface area contributed by atoms with Crippen LogP contribution in [0.25, 0.3) is 0 Å². The Kier molecular flexibility index (Phi) is 13.9. The van der Waals surface area contributed by atoms with Crippen LogP contribution in [0.15, 0.2) is 24.4 Å². The highest BCUT2D eigenvalue weighted by Crippen LogP contribution is 1.98. The third-order valence-electron chi connectivity index (χ3n) is 2.96. The molecule has 0 heterocycles. The summed E-state index contributed by atoms with van der Waals surface area (Å²) >= 11 is 0. The Balaban J connectivity index is 3.58. The highest BCUT2D eigenvalue weighted by atomic mass is 16.5. The number of aliphatic hydroxyl groups excluding tert-OH is 1. The molecule has 0 aromatic rings. The van der Waals surface area contributed by atoms with Gasteiger partial charge >= 0.3 is 11.9 Å². The second-order valence-corrected chi connectivity index (χ2v) is 5.12. The molecule has 0 aliphatic rings. The van der Waals surface area contributed by atoms with Crippen molar-refractivity contribution in [2.24, 2.45) is 0 Å². The van der Waals surface area contributed by atoms with Crippen molar-refractivity contribution < 1.29 is 24.2 Å². The first-order valence-electron chi connectivity index (χ1n) is 8.05. The predicted octanol–water partition coefficient (Wildman–Crippen LogP) is 2.04. The summed E-state index contributed by atoms with van der Waals surface area (Å²) in [5.41, 5.74) is 0. The topological polar surface area (TPSA) is 76.1 Å². The van der Waals surface area contributed by atoms with Gasteiger partial charge in [0.05, 0.1) is 13.2 Å². The van der Waals surface area contributed by atoms with Crippen molar-refractivity contribution in [2.75, 3.05) is 33.4 Å². The van der Waals surface area contributed by atoms with Crippen molar-refractivity contribution >= 4 is 11.9 Å². The number of unbranched alkanes of at least 4 members (excludes halogenated alkanes) is 3. The third kappa shape index (κ3) is 14.9. The molecule has 0 aromatic carbocycles. The fourth-order valence-electron chi connectivity index (χ4n) is 1.69. The Morgan fingerprint density at radius 2 is 1.57 bits per heavy atom. The zero-order chi connectivity index (χ0) is 17.3. The molecule has 0 saturated carbocycles. The lowest BCUT2D eigenvalue weighted by atomic mass is 10.2.